The van der Waals surface area contributed by atoms with E-state index in [2.05, 4.69) is 21.7 Å². The second-order valence-corrected chi connectivity index (χ2v) is 9.03. The van der Waals surface area contributed by atoms with Gasteiger partial charge in [-0.25, -0.2) is 8.78 Å². The molecule has 1 saturated heterocycles. The molecule has 2 N–H and O–H groups in total. The number of ether oxygens (including phenoxy) is 1. The van der Waals surface area contributed by atoms with Gasteiger partial charge in [0.15, 0.2) is 0 Å². The summed E-state index contributed by atoms with van der Waals surface area (Å²) in [6, 6.07) is 10.7. The second kappa shape index (κ2) is 11.6. The minimum atomic E-state index is -0.642. The number of piperidine rings is 1. The normalized spacial score (nSPS) is 19.2. The topological polar surface area (TPSA) is 65.8 Å². The minimum absolute atomic E-state index is 0.0498. The van der Waals surface area contributed by atoms with Crippen LogP contribution in [0.2, 0.25) is 0 Å². The molecule has 2 heterocycles. The predicted molar refractivity (Wildman–Crippen MR) is 131 cm³/mol. The molecule has 0 spiro atoms. The highest BCUT2D eigenvalue weighted by atomic mass is 19.1. The maximum absolute atomic E-state index is 13.8. The molecule has 1 aliphatic heterocycles. The van der Waals surface area contributed by atoms with Crippen molar-refractivity contribution in [3.8, 4) is 17.6 Å². The fourth-order valence-electron chi connectivity index (χ4n) is 4.82. The Kier molecular flexibility index (Phi) is 8.29. The third kappa shape index (κ3) is 6.15. The van der Waals surface area contributed by atoms with Crippen LogP contribution in [0.5, 0.6) is 5.75 Å². The highest BCUT2D eigenvalue weighted by Crippen LogP contribution is 2.33. The van der Waals surface area contributed by atoms with Gasteiger partial charge in [-0.2, -0.15) is 0 Å². The monoisotopic (exact) mass is 480 g/mol. The summed E-state index contributed by atoms with van der Waals surface area (Å²) >= 11 is 0. The van der Waals surface area contributed by atoms with Gasteiger partial charge in [0.2, 0.25) is 0 Å². The maximum Gasteiger partial charge on any atom is 0.139 e. The van der Waals surface area contributed by atoms with E-state index in [1.54, 1.807) is 13.3 Å². The highest BCUT2D eigenvalue weighted by molar-refractivity contribution is 5.83. The van der Waals surface area contributed by atoms with Crippen molar-refractivity contribution in [2.75, 3.05) is 33.4 Å². The maximum atomic E-state index is 13.8. The molecule has 5 nitrogen and oxygen atoms in total. The van der Waals surface area contributed by atoms with Crippen molar-refractivity contribution in [3.63, 3.8) is 0 Å². The largest absolute Gasteiger partial charge is 0.497 e. The molecule has 1 aromatic heterocycles. The number of aliphatic hydroxyl groups excluding tert-OH is 2. The SMILES string of the molecule is COc1ccc2nccc([C@H](O)CC[C@@H]3CCN(CC#Cc4cc(F)ccc4F)C[C@@H]3CO)c2c1. The summed E-state index contributed by atoms with van der Waals surface area (Å²) in [5, 5.41) is 21.8. The molecule has 184 valence electrons. The van der Waals surface area contributed by atoms with Gasteiger partial charge >= 0.3 is 0 Å². The number of rotatable bonds is 7. The zero-order chi connectivity index (χ0) is 24.8. The molecular weight excluding hydrogens is 450 g/mol. The van der Waals surface area contributed by atoms with Crippen LogP contribution in [0, 0.1) is 35.3 Å². The molecule has 0 amide bonds. The van der Waals surface area contributed by atoms with Crippen LogP contribution in [-0.4, -0.2) is 53.4 Å². The van der Waals surface area contributed by atoms with Crippen molar-refractivity contribution in [3.05, 3.63) is 71.4 Å². The fourth-order valence-corrected chi connectivity index (χ4v) is 4.82. The average molecular weight is 481 g/mol. The van der Waals surface area contributed by atoms with Crippen LogP contribution < -0.4 is 4.74 Å². The van der Waals surface area contributed by atoms with E-state index in [4.69, 9.17) is 4.74 Å². The number of benzene rings is 2. The third-order valence-corrected chi connectivity index (χ3v) is 6.82. The van der Waals surface area contributed by atoms with Crippen molar-refractivity contribution in [1.29, 1.82) is 0 Å². The van der Waals surface area contributed by atoms with E-state index >= 15 is 0 Å². The fraction of sp³-hybridized carbons (Fsp3) is 0.393. The Bertz CT molecular complexity index is 1220. The van der Waals surface area contributed by atoms with E-state index < -0.39 is 17.7 Å². The Morgan fingerprint density at radius 1 is 1.17 bits per heavy atom. The zero-order valence-electron chi connectivity index (χ0n) is 19.8. The summed E-state index contributed by atoms with van der Waals surface area (Å²) in [5.74, 6) is 5.65. The Morgan fingerprint density at radius 3 is 2.83 bits per heavy atom. The van der Waals surface area contributed by atoms with Crippen molar-refractivity contribution in [1.82, 2.24) is 9.88 Å². The van der Waals surface area contributed by atoms with Crippen LogP contribution in [0.1, 0.15) is 36.5 Å². The van der Waals surface area contributed by atoms with E-state index in [1.807, 2.05) is 24.3 Å². The van der Waals surface area contributed by atoms with Gasteiger partial charge in [0.05, 0.1) is 30.8 Å². The molecule has 1 fully saturated rings. The summed E-state index contributed by atoms with van der Waals surface area (Å²) in [7, 11) is 1.61. The average Bonchev–Trinajstić information content (AvgIpc) is 2.88. The quantitative estimate of drug-likeness (QED) is 0.493. The van der Waals surface area contributed by atoms with Gasteiger partial charge in [-0.3, -0.25) is 9.88 Å². The van der Waals surface area contributed by atoms with Crippen molar-refractivity contribution in [2.45, 2.75) is 25.4 Å². The Balaban J connectivity index is 1.35. The standard InChI is InChI=1S/C28H30F2N2O3/c1-35-23-6-8-27-25(16-23)24(10-12-31-27)28(34)9-4-19-11-14-32(17-21(19)18-33)13-2-3-20-15-22(29)5-7-26(20)30/h5-8,10,12,15-16,19,21,28,33-34H,4,9,11,13-14,17-18H2,1H3/t19-,21-,28-/m1/s1. The molecule has 7 heteroatoms. The van der Waals surface area contributed by atoms with E-state index in [-0.39, 0.29) is 24.0 Å². The molecule has 4 rings (SSSR count). The molecule has 1 aliphatic rings. The molecule has 3 atom stereocenters. The number of pyridine rings is 1. The Morgan fingerprint density at radius 2 is 2.03 bits per heavy atom. The third-order valence-electron chi connectivity index (χ3n) is 6.82. The number of hydrogen-bond donors (Lipinski definition) is 2. The van der Waals surface area contributed by atoms with E-state index in [0.717, 1.165) is 59.8 Å². The summed E-state index contributed by atoms with van der Waals surface area (Å²) in [6.45, 7) is 1.95. The first-order chi connectivity index (χ1) is 17.0. The molecule has 35 heavy (non-hydrogen) atoms. The van der Waals surface area contributed by atoms with Crippen LogP contribution in [0.25, 0.3) is 10.9 Å². The Labute approximate surface area is 204 Å². The molecule has 2 aromatic carbocycles. The summed E-state index contributed by atoms with van der Waals surface area (Å²) in [5.41, 5.74) is 1.68. The molecule has 0 saturated carbocycles. The number of aromatic nitrogens is 1. The van der Waals surface area contributed by atoms with Gasteiger partial charge in [-0.05, 0) is 85.7 Å². The number of aliphatic hydroxyl groups is 2. The first-order valence-corrected chi connectivity index (χ1v) is 11.9. The smallest absolute Gasteiger partial charge is 0.139 e. The van der Waals surface area contributed by atoms with E-state index in [1.165, 1.54) is 0 Å². The Hall–Kier alpha value is -3.05. The first kappa shape index (κ1) is 25.1. The van der Waals surface area contributed by atoms with Gasteiger partial charge in [0.1, 0.15) is 17.4 Å². The lowest BCUT2D eigenvalue weighted by molar-refractivity contribution is 0.0640. The lowest BCUT2D eigenvalue weighted by atomic mass is 9.81. The minimum Gasteiger partial charge on any atom is -0.497 e. The van der Waals surface area contributed by atoms with Crippen molar-refractivity contribution >= 4 is 10.9 Å². The van der Waals surface area contributed by atoms with Crippen molar-refractivity contribution < 1.29 is 23.7 Å². The van der Waals surface area contributed by atoms with E-state index in [9.17, 15) is 19.0 Å². The van der Waals surface area contributed by atoms with Crippen LogP contribution in [0.3, 0.4) is 0 Å². The predicted octanol–water partition coefficient (Wildman–Crippen LogP) is 4.32. The number of methoxy groups -OCH3 is 1. The van der Waals surface area contributed by atoms with Crippen LogP contribution in [-0.2, 0) is 0 Å². The molecular formula is C28H30F2N2O3. The number of fused-ring (bicyclic) bond motifs is 1. The molecule has 0 unspecified atom stereocenters. The van der Waals surface area contributed by atoms with Crippen molar-refractivity contribution in [2.24, 2.45) is 11.8 Å². The summed E-state index contributed by atoms with van der Waals surface area (Å²) < 4.78 is 32.4. The molecule has 0 aliphatic carbocycles. The first-order valence-electron chi connectivity index (χ1n) is 11.9. The molecule has 3 aromatic rings. The lowest BCUT2D eigenvalue weighted by Gasteiger charge is -2.37. The van der Waals surface area contributed by atoms with Gasteiger partial charge in [0, 0.05) is 24.7 Å². The van der Waals surface area contributed by atoms with Crippen LogP contribution in [0.15, 0.2) is 48.7 Å². The highest BCUT2D eigenvalue weighted by Gasteiger charge is 2.29. The number of hydrogen-bond acceptors (Lipinski definition) is 5. The van der Waals surface area contributed by atoms with E-state index in [0.29, 0.717) is 19.5 Å². The summed E-state index contributed by atoms with van der Waals surface area (Å²) in [4.78, 5) is 6.51. The number of halogens is 2. The number of likely N-dealkylation sites (tertiary alicyclic amines) is 1. The number of nitrogens with zero attached hydrogens (tertiary/aromatic N) is 2. The van der Waals surface area contributed by atoms with Gasteiger partial charge in [0.25, 0.3) is 0 Å². The molecule has 0 bridgehead atoms. The van der Waals surface area contributed by atoms with Gasteiger partial charge < -0.3 is 14.9 Å². The van der Waals surface area contributed by atoms with Gasteiger partial charge in [-0.15, -0.1) is 0 Å². The second-order valence-electron chi connectivity index (χ2n) is 9.03. The lowest BCUT2D eigenvalue weighted by Crippen LogP contribution is -2.42. The molecule has 0 radical (unpaired) electrons. The van der Waals surface area contributed by atoms with Gasteiger partial charge in [-0.1, -0.05) is 11.8 Å². The van der Waals surface area contributed by atoms with Crippen LogP contribution in [0.4, 0.5) is 8.78 Å². The zero-order valence-corrected chi connectivity index (χ0v) is 19.8. The summed E-state index contributed by atoms with van der Waals surface area (Å²) in [6.07, 6.45) is 3.31. The van der Waals surface area contributed by atoms with Crippen LogP contribution >= 0.6 is 0 Å².